The molecule has 0 aromatic heterocycles. The van der Waals surface area contributed by atoms with Gasteiger partial charge in [-0.3, -0.25) is 0 Å². The minimum absolute atomic E-state index is 0.0200. The van der Waals surface area contributed by atoms with Crippen molar-refractivity contribution >= 4 is 27.3 Å². The minimum atomic E-state index is -3.60. The maximum Gasteiger partial charge on any atom is 0.243 e. The van der Waals surface area contributed by atoms with Crippen LogP contribution in [-0.4, -0.2) is 50.8 Å². The highest BCUT2D eigenvalue weighted by molar-refractivity contribution is 7.89. The second kappa shape index (κ2) is 6.12. The van der Waals surface area contributed by atoms with Gasteiger partial charge in [-0.2, -0.15) is 4.31 Å². The summed E-state index contributed by atoms with van der Waals surface area (Å²) in [5, 5.41) is 0.339. The molecule has 1 aromatic carbocycles. The minimum Gasteiger partial charge on any atom is -0.398 e. The van der Waals surface area contributed by atoms with E-state index in [2.05, 4.69) is 4.90 Å². The first-order valence-corrected chi connectivity index (χ1v) is 8.77. The molecule has 0 saturated carbocycles. The summed E-state index contributed by atoms with van der Waals surface area (Å²) in [7, 11) is 0.0483. The van der Waals surface area contributed by atoms with Gasteiger partial charge in [0.2, 0.25) is 10.0 Å². The third kappa shape index (κ3) is 3.34. The van der Waals surface area contributed by atoms with Crippen molar-refractivity contribution < 1.29 is 8.42 Å². The van der Waals surface area contributed by atoms with Gasteiger partial charge in [-0.15, -0.1) is 0 Å². The number of rotatable bonds is 3. The van der Waals surface area contributed by atoms with Gasteiger partial charge >= 0.3 is 0 Å². The highest BCUT2D eigenvalue weighted by Gasteiger charge is 2.32. The van der Waals surface area contributed by atoms with E-state index in [0.29, 0.717) is 16.3 Å². The Kier molecular flexibility index (Phi) is 4.82. The summed E-state index contributed by atoms with van der Waals surface area (Å²) in [5.41, 5.74) is 6.79. The molecule has 1 aromatic rings. The molecule has 2 N–H and O–H groups in total. The Hall–Kier alpha value is -0.820. The average Bonchev–Trinajstić information content (AvgIpc) is 2.41. The lowest BCUT2D eigenvalue weighted by Crippen LogP contribution is -2.47. The number of nitrogen functional groups attached to an aromatic ring is 1. The van der Waals surface area contributed by atoms with E-state index in [9.17, 15) is 8.42 Å². The third-order valence-electron chi connectivity index (χ3n) is 4.14. The zero-order chi connectivity index (χ0) is 15.8. The van der Waals surface area contributed by atoms with Crippen LogP contribution in [0.15, 0.2) is 17.0 Å². The van der Waals surface area contributed by atoms with Crippen molar-refractivity contribution in [3.05, 3.63) is 22.7 Å². The molecule has 1 aliphatic heterocycles. The van der Waals surface area contributed by atoms with Crippen LogP contribution in [0.1, 0.15) is 18.4 Å². The van der Waals surface area contributed by atoms with Gasteiger partial charge in [-0.25, -0.2) is 8.42 Å². The predicted octanol–water partition coefficient (Wildman–Crippen LogP) is 1.95. The summed E-state index contributed by atoms with van der Waals surface area (Å²) in [5.74, 6) is 0. The molecule has 0 spiro atoms. The van der Waals surface area contributed by atoms with Crippen molar-refractivity contribution in [2.75, 3.05) is 32.9 Å². The molecule has 1 aliphatic rings. The van der Waals surface area contributed by atoms with Crippen LogP contribution in [-0.2, 0) is 10.0 Å². The summed E-state index contributed by atoms with van der Waals surface area (Å²) in [6, 6.07) is 3.03. The Morgan fingerprint density at radius 1 is 1.43 bits per heavy atom. The molecule has 1 atom stereocenters. The van der Waals surface area contributed by atoms with E-state index in [-0.39, 0.29) is 10.9 Å². The molecule has 1 saturated heterocycles. The van der Waals surface area contributed by atoms with Crippen LogP contribution in [0.3, 0.4) is 0 Å². The van der Waals surface area contributed by atoms with Crippen LogP contribution in [0.5, 0.6) is 0 Å². The van der Waals surface area contributed by atoms with Gasteiger partial charge in [0.15, 0.2) is 0 Å². The normalized spacial score (nSPS) is 20.9. The number of nitrogens with zero attached hydrogens (tertiary/aromatic N) is 2. The molecule has 1 heterocycles. The second-order valence-electron chi connectivity index (χ2n) is 5.70. The Balaban J connectivity index is 2.37. The summed E-state index contributed by atoms with van der Waals surface area (Å²) in [6.45, 7) is 3.46. The van der Waals surface area contributed by atoms with Gasteiger partial charge in [-0.05, 0) is 51.1 Å². The van der Waals surface area contributed by atoms with Crippen molar-refractivity contribution in [3.63, 3.8) is 0 Å². The molecule has 0 bridgehead atoms. The molecular weight excluding hydrogens is 310 g/mol. The Morgan fingerprint density at radius 2 is 2.10 bits per heavy atom. The standard InChI is InChI=1S/C14H22ClN3O2S/c1-10-13(16)7-11(15)8-14(10)21(19,20)18(3)12-5-4-6-17(2)9-12/h7-8,12H,4-6,9,16H2,1-3H3. The number of hydrogen-bond acceptors (Lipinski definition) is 4. The lowest BCUT2D eigenvalue weighted by atomic mass is 10.1. The number of halogens is 1. The van der Waals surface area contributed by atoms with E-state index in [4.69, 9.17) is 17.3 Å². The van der Waals surface area contributed by atoms with Gasteiger partial charge < -0.3 is 10.6 Å². The molecule has 1 unspecified atom stereocenters. The first kappa shape index (κ1) is 16.5. The first-order chi connectivity index (χ1) is 9.73. The number of likely N-dealkylation sites (tertiary alicyclic amines) is 1. The van der Waals surface area contributed by atoms with Gasteiger partial charge in [-0.1, -0.05) is 11.6 Å². The van der Waals surface area contributed by atoms with Crippen molar-refractivity contribution in [3.8, 4) is 0 Å². The van der Waals surface area contributed by atoms with E-state index in [0.717, 1.165) is 25.9 Å². The molecule has 118 valence electrons. The lowest BCUT2D eigenvalue weighted by Gasteiger charge is -2.35. The second-order valence-corrected chi connectivity index (χ2v) is 8.10. The van der Waals surface area contributed by atoms with E-state index in [1.807, 2.05) is 7.05 Å². The molecule has 2 rings (SSSR count). The SMILES string of the molecule is Cc1c(N)cc(Cl)cc1S(=O)(=O)N(C)C1CCCN(C)C1. The molecular formula is C14H22ClN3O2S. The highest BCUT2D eigenvalue weighted by Crippen LogP contribution is 2.29. The molecule has 0 radical (unpaired) electrons. The number of benzene rings is 1. The summed E-state index contributed by atoms with van der Waals surface area (Å²) in [6.07, 6.45) is 1.87. The molecule has 7 heteroatoms. The van der Waals surface area contributed by atoms with E-state index in [1.54, 1.807) is 20.0 Å². The third-order valence-corrected chi connectivity index (χ3v) is 6.39. The number of piperidine rings is 1. The van der Waals surface area contributed by atoms with Crippen molar-refractivity contribution in [2.45, 2.75) is 30.7 Å². The summed E-state index contributed by atoms with van der Waals surface area (Å²) in [4.78, 5) is 2.35. The monoisotopic (exact) mass is 331 g/mol. The van der Waals surface area contributed by atoms with Crippen LogP contribution in [0.2, 0.25) is 5.02 Å². The van der Waals surface area contributed by atoms with Gasteiger partial charge in [0.25, 0.3) is 0 Å². The van der Waals surface area contributed by atoms with Crippen molar-refractivity contribution in [2.24, 2.45) is 0 Å². The van der Waals surface area contributed by atoms with Crippen LogP contribution < -0.4 is 5.73 Å². The maximum absolute atomic E-state index is 12.9. The fraction of sp³-hybridized carbons (Fsp3) is 0.571. The van der Waals surface area contributed by atoms with Crippen molar-refractivity contribution in [1.82, 2.24) is 9.21 Å². The van der Waals surface area contributed by atoms with Crippen LogP contribution in [0, 0.1) is 6.92 Å². The predicted molar refractivity (Wildman–Crippen MR) is 86.1 cm³/mol. The van der Waals surface area contributed by atoms with E-state index in [1.165, 1.54) is 10.4 Å². The van der Waals surface area contributed by atoms with Crippen molar-refractivity contribution in [1.29, 1.82) is 0 Å². The number of anilines is 1. The first-order valence-electron chi connectivity index (χ1n) is 6.95. The van der Waals surface area contributed by atoms with Crippen LogP contribution >= 0.6 is 11.6 Å². The number of hydrogen-bond donors (Lipinski definition) is 1. The topological polar surface area (TPSA) is 66.6 Å². The Labute approximate surface area is 131 Å². The lowest BCUT2D eigenvalue weighted by molar-refractivity contribution is 0.187. The van der Waals surface area contributed by atoms with E-state index >= 15 is 0 Å². The van der Waals surface area contributed by atoms with E-state index < -0.39 is 10.0 Å². The van der Waals surface area contributed by atoms with Crippen LogP contribution in [0.25, 0.3) is 0 Å². The smallest absolute Gasteiger partial charge is 0.243 e. The Morgan fingerprint density at radius 3 is 2.71 bits per heavy atom. The average molecular weight is 332 g/mol. The van der Waals surface area contributed by atoms with Gasteiger partial charge in [0, 0.05) is 30.3 Å². The zero-order valence-electron chi connectivity index (χ0n) is 12.6. The number of likely N-dealkylation sites (N-methyl/N-ethyl adjacent to an activating group) is 2. The molecule has 5 nitrogen and oxygen atoms in total. The number of nitrogens with two attached hydrogens (primary N) is 1. The molecule has 0 amide bonds. The molecule has 21 heavy (non-hydrogen) atoms. The molecule has 1 fully saturated rings. The number of sulfonamides is 1. The molecule has 0 aliphatic carbocycles. The van der Waals surface area contributed by atoms with Gasteiger partial charge in [0.1, 0.15) is 0 Å². The summed E-state index contributed by atoms with van der Waals surface area (Å²) < 4.78 is 27.2. The fourth-order valence-electron chi connectivity index (χ4n) is 2.73. The zero-order valence-corrected chi connectivity index (χ0v) is 14.2. The Bertz CT molecular complexity index is 633. The fourth-order valence-corrected chi connectivity index (χ4v) is 4.68. The quantitative estimate of drug-likeness (QED) is 0.860. The summed E-state index contributed by atoms with van der Waals surface area (Å²) >= 11 is 5.97. The maximum atomic E-state index is 12.9. The highest BCUT2D eigenvalue weighted by atomic mass is 35.5. The van der Waals surface area contributed by atoms with Gasteiger partial charge in [0.05, 0.1) is 4.90 Å². The largest absolute Gasteiger partial charge is 0.398 e. The van der Waals surface area contributed by atoms with Crippen LogP contribution in [0.4, 0.5) is 5.69 Å².